The molecule has 2 aromatic rings. The van der Waals surface area contributed by atoms with Crippen molar-refractivity contribution in [2.24, 2.45) is 5.73 Å². The van der Waals surface area contributed by atoms with Crippen LogP contribution in [-0.2, 0) is 6.42 Å². The molecule has 0 bridgehead atoms. The lowest BCUT2D eigenvalue weighted by molar-refractivity contribution is 0.0966. The highest BCUT2D eigenvalue weighted by molar-refractivity contribution is 5.96. The summed E-state index contributed by atoms with van der Waals surface area (Å²) in [6, 6.07) is 7.43. The molecular formula is C31H47N7O2. The lowest BCUT2D eigenvalue weighted by Crippen LogP contribution is -2.46. The minimum absolute atomic E-state index is 0.157. The maximum atomic E-state index is 12.3. The van der Waals surface area contributed by atoms with E-state index in [-0.39, 0.29) is 17.8 Å². The van der Waals surface area contributed by atoms with Gasteiger partial charge in [0.25, 0.3) is 5.91 Å². The molecule has 0 radical (unpaired) electrons. The first kappa shape index (κ1) is 28.8. The van der Waals surface area contributed by atoms with E-state index in [2.05, 4.69) is 57.6 Å². The molecular weight excluding hydrogens is 502 g/mol. The smallest absolute Gasteiger partial charge is 0.271 e. The van der Waals surface area contributed by atoms with E-state index in [1.807, 2.05) is 6.92 Å². The van der Waals surface area contributed by atoms with Crippen LogP contribution in [0.1, 0.15) is 91.5 Å². The molecule has 0 atom stereocenters. The Balaban J connectivity index is 1.28. The zero-order valence-corrected chi connectivity index (χ0v) is 24.5. The summed E-state index contributed by atoms with van der Waals surface area (Å²) in [6.07, 6.45) is 8.70. The third-order valence-electron chi connectivity index (χ3n) is 9.28. The van der Waals surface area contributed by atoms with E-state index in [0.717, 1.165) is 43.1 Å². The van der Waals surface area contributed by atoms with Gasteiger partial charge >= 0.3 is 0 Å². The highest BCUT2D eigenvalue weighted by Gasteiger charge is 2.29. The van der Waals surface area contributed by atoms with Gasteiger partial charge in [-0.15, -0.1) is 0 Å². The predicted molar refractivity (Wildman–Crippen MR) is 160 cm³/mol. The molecule has 9 nitrogen and oxygen atoms in total. The fraction of sp³-hybridized carbons (Fsp3) is 0.645. The van der Waals surface area contributed by atoms with Gasteiger partial charge in [0.15, 0.2) is 11.5 Å². The maximum absolute atomic E-state index is 12.3. The fourth-order valence-corrected chi connectivity index (χ4v) is 6.79. The van der Waals surface area contributed by atoms with Gasteiger partial charge in [-0.1, -0.05) is 13.0 Å². The SMILES string of the molecule is CCc1nc(C(N)=O)c(Nc2ccc(C3CCN(C4CCN(C)CC4)CC3)c(C)c2)nc1N[C@H]1CC[C@H](O)CC1. The molecule has 2 aliphatic heterocycles. The number of primary amides is 1. The van der Waals surface area contributed by atoms with Crippen molar-refractivity contribution in [2.45, 2.75) is 95.7 Å². The normalized spacial score (nSPS) is 23.7. The fourth-order valence-electron chi connectivity index (χ4n) is 6.79. The Labute approximate surface area is 238 Å². The largest absolute Gasteiger partial charge is 0.393 e. The Kier molecular flexibility index (Phi) is 9.23. The van der Waals surface area contributed by atoms with Gasteiger partial charge in [-0.25, -0.2) is 9.97 Å². The highest BCUT2D eigenvalue weighted by atomic mass is 16.3. The van der Waals surface area contributed by atoms with Gasteiger partial charge in [-0.2, -0.15) is 0 Å². The molecule has 1 amide bonds. The molecule has 1 aromatic carbocycles. The number of nitrogens with one attached hydrogen (secondary N) is 2. The Morgan fingerprint density at radius 3 is 2.33 bits per heavy atom. The first-order valence-corrected chi connectivity index (χ1v) is 15.3. The average molecular weight is 550 g/mol. The zero-order chi connectivity index (χ0) is 28.2. The van der Waals surface area contributed by atoms with Gasteiger partial charge in [0.2, 0.25) is 0 Å². The number of carbonyl (C=O) groups excluding carboxylic acids is 1. The quantitative estimate of drug-likeness (QED) is 0.387. The molecule has 1 aliphatic carbocycles. The Morgan fingerprint density at radius 1 is 1.00 bits per heavy atom. The zero-order valence-electron chi connectivity index (χ0n) is 24.5. The van der Waals surface area contributed by atoms with E-state index in [9.17, 15) is 9.90 Å². The van der Waals surface area contributed by atoms with Crippen LogP contribution in [0.25, 0.3) is 0 Å². The molecule has 0 spiro atoms. The summed E-state index contributed by atoms with van der Waals surface area (Å²) in [6.45, 7) is 8.95. The number of carbonyl (C=O) groups is 1. The molecule has 2 saturated heterocycles. The van der Waals surface area contributed by atoms with Gasteiger partial charge in [0, 0.05) is 17.8 Å². The monoisotopic (exact) mass is 549 g/mol. The number of aliphatic hydroxyl groups is 1. The van der Waals surface area contributed by atoms with Crippen LogP contribution in [0.2, 0.25) is 0 Å². The van der Waals surface area contributed by atoms with E-state index < -0.39 is 5.91 Å². The summed E-state index contributed by atoms with van der Waals surface area (Å²) in [4.78, 5) is 26.9. The van der Waals surface area contributed by atoms with Crippen LogP contribution in [0.4, 0.5) is 17.3 Å². The topological polar surface area (TPSA) is 120 Å². The van der Waals surface area contributed by atoms with E-state index in [0.29, 0.717) is 24.0 Å². The molecule has 40 heavy (non-hydrogen) atoms. The molecule has 0 unspecified atom stereocenters. The Bertz CT molecular complexity index is 1160. The number of hydrogen-bond donors (Lipinski definition) is 4. The van der Waals surface area contributed by atoms with E-state index >= 15 is 0 Å². The summed E-state index contributed by atoms with van der Waals surface area (Å²) in [5.74, 6) is 1.04. The van der Waals surface area contributed by atoms with Crippen LogP contribution < -0.4 is 16.4 Å². The lowest BCUT2D eigenvalue weighted by atomic mass is 9.85. The Hall–Kier alpha value is -2.75. The average Bonchev–Trinajstić information content (AvgIpc) is 2.95. The summed E-state index contributed by atoms with van der Waals surface area (Å²) < 4.78 is 0. The molecule has 5 N–H and O–H groups in total. The number of aryl methyl sites for hydroxylation is 2. The standard InChI is InChI=1S/C31H47N7O2/c1-4-27-30(33-22-5-8-25(39)9-6-22)36-31(28(35-27)29(32)40)34-23-7-10-26(20(2)19-23)21-11-17-38(18-12-21)24-13-15-37(3)16-14-24/h7,10,19,21-22,24-25,39H,4-6,8-9,11-18H2,1-3H3,(H2,32,40)(H2,33,34,36)/t22-,25-. The van der Waals surface area contributed by atoms with E-state index in [4.69, 9.17) is 10.7 Å². The first-order chi connectivity index (χ1) is 19.3. The number of piperidine rings is 2. The molecule has 3 aliphatic rings. The van der Waals surface area contributed by atoms with Gasteiger partial charge < -0.3 is 31.3 Å². The van der Waals surface area contributed by atoms with Crippen molar-refractivity contribution < 1.29 is 9.90 Å². The number of likely N-dealkylation sites (tertiary alicyclic amines) is 2. The molecule has 218 valence electrons. The Morgan fingerprint density at radius 2 is 1.70 bits per heavy atom. The molecule has 1 saturated carbocycles. The number of nitrogens with zero attached hydrogens (tertiary/aromatic N) is 4. The van der Waals surface area contributed by atoms with Crippen LogP contribution in [0.5, 0.6) is 0 Å². The number of benzene rings is 1. The van der Waals surface area contributed by atoms with Gasteiger partial charge in [0.1, 0.15) is 5.82 Å². The predicted octanol–water partition coefficient (Wildman–Crippen LogP) is 4.18. The van der Waals surface area contributed by atoms with Crippen LogP contribution >= 0.6 is 0 Å². The van der Waals surface area contributed by atoms with Crippen molar-refractivity contribution in [3.63, 3.8) is 0 Å². The second kappa shape index (κ2) is 12.8. The lowest BCUT2D eigenvalue weighted by Gasteiger charge is -2.41. The minimum Gasteiger partial charge on any atom is -0.393 e. The number of hydrogen-bond acceptors (Lipinski definition) is 8. The number of anilines is 3. The van der Waals surface area contributed by atoms with Crippen LogP contribution in [0.3, 0.4) is 0 Å². The molecule has 5 rings (SSSR count). The van der Waals surface area contributed by atoms with E-state index in [1.165, 1.54) is 63.0 Å². The van der Waals surface area contributed by atoms with E-state index in [1.54, 1.807) is 0 Å². The second-order valence-corrected chi connectivity index (χ2v) is 12.1. The molecule has 3 fully saturated rings. The number of rotatable bonds is 8. The van der Waals surface area contributed by atoms with Crippen molar-refractivity contribution in [1.29, 1.82) is 0 Å². The highest BCUT2D eigenvalue weighted by Crippen LogP contribution is 2.34. The number of aromatic nitrogens is 2. The number of nitrogens with two attached hydrogens (primary N) is 1. The van der Waals surface area contributed by atoms with Crippen LogP contribution in [-0.4, -0.2) is 82.2 Å². The van der Waals surface area contributed by atoms with Crippen LogP contribution in [0.15, 0.2) is 18.2 Å². The third kappa shape index (κ3) is 6.75. The second-order valence-electron chi connectivity index (χ2n) is 12.1. The van der Waals surface area contributed by atoms with Crippen molar-refractivity contribution in [3.8, 4) is 0 Å². The first-order valence-electron chi connectivity index (χ1n) is 15.3. The molecule has 1 aromatic heterocycles. The van der Waals surface area contributed by atoms with Crippen molar-refractivity contribution in [3.05, 3.63) is 40.7 Å². The number of amides is 1. The minimum atomic E-state index is -0.596. The summed E-state index contributed by atoms with van der Waals surface area (Å²) >= 11 is 0. The maximum Gasteiger partial charge on any atom is 0.271 e. The summed E-state index contributed by atoms with van der Waals surface area (Å²) in [5, 5.41) is 16.7. The van der Waals surface area contributed by atoms with Crippen molar-refractivity contribution in [2.75, 3.05) is 43.9 Å². The summed E-state index contributed by atoms with van der Waals surface area (Å²) in [7, 11) is 2.23. The third-order valence-corrected chi connectivity index (χ3v) is 9.28. The van der Waals surface area contributed by atoms with Crippen molar-refractivity contribution >= 4 is 23.2 Å². The summed E-state index contributed by atoms with van der Waals surface area (Å²) in [5.41, 5.74) is 10.1. The molecule has 9 heteroatoms. The van der Waals surface area contributed by atoms with Gasteiger partial charge in [-0.05, 0) is 127 Å². The van der Waals surface area contributed by atoms with Gasteiger partial charge in [-0.3, -0.25) is 4.79 Å². The molecule has 3 heterocycles. The van der Waals surface area contributed by atoms with Crippen LogP contribution in [0, 0.1) is 6.92 Å². The number of aliphatic hydroxyl groups excluding tert-OH is 1. The van der Waals surface area contributed by atoms with Gasteiger partial charge in [0.05, 0.1) is 11.8 Å². The van der Waals surface area contributed by atoms with Crippen molar-refractivity contribution in [1.82, 2.24) is 19.8 Å².